The molecule has 0 spiro atoms. The maximum atomic E-state index is 12.9. The Morgan fingerprint density at radius 1 is 1.23 bits per heavy atom. The van der Waals surface area contributed by atoms with E-state index in [0.717, 1.165) is 19.6 Å². The third-order valence-electron chi connectivity index (χ3n) is 3.96. The average Bonchev–Trinajstić information content (AvgIpc) is 3.05. The summed E-state index contributed by atoms with van der Waals surface area (Å²) < 4.78 is 18.1. The van der Waals surface area contributed by atoms with Crippen LogP contribution in [0.4, 0.5) is 4.39 Å². The van der Waals surface area contributed by atoms with Crippen LogP contribution in [-0.2, 0) is 0 Å². The molecule has 0 atom stereocenters. The number of piperazine rings is 1. The molecule has 1 amide bonds. The van der Waals surface area contributed by atoms with E-state index in [1.165, 1.54) is 12.1 Å². The molecule has 1 aromatic heterocycles. The molecule has 5 nitrogen and oxygen atoms in total. The fraction of sp³-hybridized carbons (Fsp3) is 0.375. The maximum Gasteiger partial charge on any atom is 0.276 e. The highest BCUT2D eigenvalue weighted by Gasteiger charge is 2.24. The van der Waals surface area contributed by atoms with Crippen LogP contribution in [0.1, 0.15) is 17.4 Å². The lowest BCUT2D eigenvalue weighted by Gasteiger charge is -2.33. The first-order valence-corrected chi connectivity index (χ1v) is 7.41. The summed E-state index contributed by atoms with van der Waals surface area (Å²) in [6.07, 6.45) is 0. The highest BCUT2D eigenvalue weighted by molar-refractivity contribution is 5.93. The fourth-order valence-corrected chi connectivity index (χ4v) is 2.56. The summed E-state index contributed by atoms with van der Waals surface area (Å²) in [6.45, 7) is 6.28. The summed E-state index contributed by atoms with van der Waals surface area (Å²) in [6, 6.07) is 7.52. The monoisotopic (exact) mass is 303 g/mol. The third kappa shape index (κ3) is 3.01. The largest absolute Gasteiger partial charge is 0.355 e. The van der Waals surface area contributed by atoms with E-state index in [2.05, 4.69) is 17.0 Å². The number of nitrogens with zero attached hydrogens (tertiary/aromatic N) is 3. The summed E-state index contributed by atoms with van der Waals surface area (Å²) in [4.78, 5) is 16.5. The second kappa shape index (κ2) is 6.27. The second-order valence-corrected chi connectivity index (χ2v) is 5.31. The number of carbonyl (C=O) groups is 1. The Kier molecular flexibility index (Phi) is 4.20. The molecular formula is C16H18FN3O2. The molecule has 0 aliphatic carbocycles. The number of amides is 1. The van der Waals surface area contributed by atoms with Crippen molar-refractivity contribution in [2.75, 3.05) is 32.7 Å². The summed E-state index contributed by atoms with van der Waals surface area (Å²) in [7, 11) is 0. The molecule has 2 heterocycles. The molecule has 6 heteroatoms. The second-order valence-electron chi connectivity index (χ2n) is 5.31. The maximum absolute atomic E-state index is 12.9. The van der Waals surface area contributed by atoms with Crippen LogP contribution in [0.25, 0.3) is 11.3 Å². The lowest BCUT2D eigenvalue weighted by atomic mass is 10.1. The van der Waals surface area contributed by atoms with Crippen LogP contribution >= 0.6 is 0 Å². The van der Waals surface area contributed by atoms with Crippen molar-refractivity contribution >= 4 is 5.91 Å². The summed E-state index contributed by atoms with van der Waals surface area (Å²) >= 11 is 0. The number of aromatic nitrogens is 1. The number of likely N-dealkylation sites (N-methyl/N-ethyl adjacent to an activating group) is 1. The van der Waals surface area contributed by atoms with Crippen LogP contribution in [-0.4, -0.2) is 53.6 Å². The molecule has 1 aliphatic rings. The van der Waals surface area contributed by atoms with Crippen molar-refractivity contribution in [1.82, 2.24) is 15.0 Å². The lowest BCUT2D eigenvalue weighted by molar-refractivity contribution is 0.0633. The zero-order valence-electron chi connectivity index (χ0n) is 12.5. The van der Waals surface area contributed by atoms with Gasteiger partial charge in [-0.1, -0.05) is 12.1 Å². The smallest absolute Gasteiger partial charge is 0.276 e. The Hall–Kier alpha value is -2.21. The molecule has 1 aromatic carbocycles. The van der Waals surface area contributed by atoms with Gasteiger partial charge in [0.1, 0.15) is 5.82 Å². The average molecular weight is 303 g/mol. The van der Waals surface area contributed by atoms with Crippen molar-refractivity contribution in [2.45, 2.75) is 6.92 Å². The molecule has 0 radical (unpaired) electrons. The molecule has 3 rings (SSSR count). The van der Waals surface area contributed by atoms with E-state index < -0.39 is 0 Å². The predicted molar refractivity (Wildman–Crippen MR) is 79.9 cm³/mol. The van der Waals surface area contributed by atoms with Gasteiger partial charge in [0.2, 0.25) is 0 Å². The van der Waals surface area contributed by atoms with Gasteiger partial charge in [-0.25, -0.2) is 4.39 Å². The molecule has 0 saturated carbocycles. The first-order chi connectivity index (χ1) is 10.7. The van der Waals surface area contributed by atoms with E-state index in [1.54, 1.807) is 23.1 Å². The minimum absolute atomic E-state index is 0.118. The third-order valence-corrected chi connectivity index (χ3v) is 3.96. The van der Waals surface area contributed by atoms with Gasteiger partial charge in [0.15, 0.2) is 11.5 Å². The predicted octanol–water partition coefficient (Wildman–Crippen LogP) is 2.26. The molecule has 0 N–H and O–H groups in total. The number of benzene rings is 1. The van der Waals surface area contributed by atoms with Crippen molar-refractivity contribution in [3.8, 4) is 11.3 Å². The fourth-order valence-electron chi connectivity index (χ4n) is 2.56. The zero-order valence-corrected chi connectivity index (χ0v) is 12.5. The van der Waals surface area contributed by atoms with Crippen LogP contribution in [0, 0.1) is 5.82 Å². The van der Waals surface area contributed by atoms with Crippen molar-refractivity contribution < 1.29 is 13.7 Å². The van der Waals surface area contributed by atoms with E-state index in [-0.39, 0.29) is 11.7 Å². The highest BCUT2D eigenvalue weighted by atomic mass is 19.1. The lowest BCUT2D eigenvalue weighted by Crippen LogP contribution is -2.48. The van der Waals surface area contributed by atoms with Crippen LogP contribution in [0.5, 0.6) is 0 Å². The number of halogens is 1. The van der Waals surface area contributed by atoms with Gasteiger partial charge in [0, 0.05) is 37.8 Å². The van der Waals surface area contributed by atoms with E-state index >= 15 is 0 Å². The van der Waals surface area contributed by atoms with E-state index in [9.17, 15) is 9.18 Å². The standard InChI is InChI=1S/C16H18FN3O2/c1-2-19-7-9-20(10-8-19)16(21)14-11-15(22-18-14)12-3-5-13(17)6-4-12/h3-6,11H,2,7-10H2,1H3. The molecule has 116 valence electrons. The first kappa shape index (κ1) is 14.7. The van der Waals surface area contributed by atoms with Crippen molar-refractivity contribution in [3.05, 3.63) is 41.8 Å². The van der Waals surface area contributed by atoms with Crippen LogP contribution in [0.15, 0.2) is 34.9 Å². The van der Waals surface area contributed by atoms with Gasteiger partial charge < -0.3 is 14.3 Å². The molecular weight excluding hydrogens is 285 g/mol. The number of hydrogen-bond donors (Lipinski definition) is 0. The Labute approximate surface area is 128 Å². The normalized spacial score (nSPS) is 16.0. The van der Waals surface area contributed by atoms with Crippen LogP contribution in [0.3, 0.4) is 0 Å². The van der Waals surface area contributed by atoms with Gasteiger partial charge in [0.25, 0.3) is 5.91 Å². The van der Waals surface area contributed by atoms with Crippen molar-refractivity contribution in [1.29, 1.82) is 0 Å². The Balaban J connectivity index is 1.71. The molecule has 22 heavy (non-hydrogen) atoms. The van der Waals surface area contributed by atoms with Gasteiger partial charge in [-0.3, -0.25) is 4.79 Å². The molecule has 0 unspecified atom stereocenters. The van der Waals surface area contributed by atoms with Gasteiger partial charge in [-0.2, -0.15) is 0 Å². The molecule has 0 bridgehead atoms. The van der Waals surface area contributed by atoms with E-state index in [1.807, 2.05) is 0 Å². The number of hydrogen-bond acceptors (Lipinski definition) is 4. The van der Waals surface area contributed by atoms with E-state index in [0.29, 0.717) is 30.1 Å². The van der Waals surface area contributed by atoms with Gasteiger partial charge >= 0.3 is 0 Å². The molecule has 2 aromatic rings. The summed E-state index contributed by atoms with van der Waals surface area (Å²) in [5.74, 6) is 0.0387. The Morgan fingerprint density at radius 2 is 1.91 bits per heavy atom. The van der Waals surface area contributed by atoms with Crippen molar-refractivity contribution in [2.24, 2.45) is 0 Å². The first-order valence-electron chi connectivity index (χ1n) is 7.41. The molecule has 1 saturated heterocycles. The van der Waals surface area contributed by atoms with Crippen molar-refractivity contribution in [3.63, 3.8) is 0 Å². The van der Waals surface area contributed by atoms with Gasteiger partial charge in [0.05, 0.1) is 0 Å². The Morgan fingerprint density at radius 3 is 2.55 bits per heavy atom. The number of carbonyl (C=O) groups excluding carboxylic acids is 1. The minimum Gasteiger partial charge on any atom is -0.355 e. The SMILES string of the molecule is CCN1CCN(C(=O)c2cc(-c3ccc(F)cc3)on2)CC1. The number of rotatable bonds is 3. The van der Waals surface area contributed by atoms with E-state index in [4.69, 9.17) is 4.52 Å². The Bertz CT molecular complexity index is 646. The summed E-state index contributed by atoms with van der Waals surface area (Å²) in [5, 5.41) is 3.86. The summed E-state index contributed by atoms with van der Waals surface area (Å²) in [5.41, 5.74) is 0.994. The van der Waals surface area contributed by atoms with Crippen LogP contribution in [0.2, 0.25) is 0 Å². The zero-order chi connectivity index (χ0) is 15.5. The molecule has 1 aliphatic heterocycles. The topological polar surface area (TPSA) is 49.6 Å². The van der Waals surface area contributed by atoms with Gasteiger partial charge in [-0.15, -0.1) is 0 Å². The minimum atomic E-state index is -0.312. The highest BCUT2D eigenvalue weighted by Crippen LogP contribution is 2.21. The quantitative estimate of drug-likeness (QED) is 0.872. The van der Waals surface area contributed by atoms with Crippen LogP contribution < -0.4 is 0 Å². The van der Waals surface area contributed by atoms with Gasteiger partial charge in [-0.05, 0) is 30.8 Å². The molecule has 1 fully saturated rings.